The fourth-order valence-corrected chi connectivity index (χ4v) is 3.08. The van der Waals surface area contributed by atoms with Crippen LogP contribution < -0.4 is 5.73 Å². The van der Waals surface area contributed by atoms with Crippen LogP contribution in [0.4, 0.5) is 5.69 Å². The van der Waals surface area contributed by atoms with Crippen molar-refractivity contribution in [3.63, 3.8) is 0 Å². The Balaban J connectivity index is 1.77. The molecule has 0 atom stereocenters. The summed E-state index contributed by atoms with van der Waals surface area (Å²) in [6.07, 6.45) is 1.93. The van der Waals surface area contributed by atoms with Crippen molar-refractivity contribution >= 4 is 17.0 Å². The number of hydrogen-bond acceptors (Lipinski definition) is 3. The molecule has 0 unspecified atom stereocenters. The molecule has 0 saturated heterocycles. The Morgan fingerprint density at radius 1 is 0.952 bits per heavy atom. The van der Waals surface area contributed by atoms with Gasteiger partial charge in [-0.25, -0.2) is 4.98 Å². The van der Waals surface area contributed by atoms with Gasteiger partial charge in [0.05, 0.1) is 10.7 Å². The molecule has 0 aliphatic carbocycles. The van der Waals surface area contributed by atoms with Crippen LogP contribution in [0.5, 0.6) is 0 Å². The average molecular weight is 294 g/mol. The van der Waals surface area contributed by atoms with Gasteiger partial charge < -0.3 is 5.73 Å². The number of aryl methyl sites for hydroxylation is 1. The molecule has 1 aromatic heterocycles. The lowest BCUT2D eigenvalue weighted by Gasteiger charge is -2.00. The van der Waals surface area contributed by atoms with Crippen LogP contribution in [0.2, 0.25) is 0 Å². The van der Waals surface area contributed by atoms with Gasteiger partial charge in [0.25, 0.3) is 0 Å². The van der Waals surface area contributed by atoms with Gasteiger partial charge in [0.2, 0.25) is 0 Å². The Kier molecular flexibility index (Phi) is 4.02. The van der Waals surface area contributed by atoms with Gasteiger partial charge in [-0.05, 0) is 29.7 Å². The van der Waals surface area contributed by atoms with Gasteiger partial charge in [-0.2, -0.15) is 0 Å². The fraction of sp³-hybridized carbons (Fsp3) is 0.167. The Hall–Kier alpha value is -2.13. The summed E-state index contributed by atoms with van der Waals surface area (Å²) < 4.78 is 0. The molecule has 1 heterocycles. The number of nitrogens with two attached hydrogens (primary N) is 1. The number of thiazole rings is 1. The standard InChI is InChI=1S/C18H18N2S/c1-2-13-3-7-15(8-4-13)17-12-21-18(20-17)11-14-5-9-16(19)10-6-14/h3-10,12H,2,11,19H2,1H3. The van der Waals surface area contributed by atoms with E-state index in [9.17, 15) is 0 Å². The number of hydrogen-bond donors (Lipinski definition) is 1. The van der Waals surface area contributed by atoms with Gasteiger partial charge in [-0.1, -0.05) is 43.3 Å². The molecule has 3 rings (SSSR count). The molecule has 0 fully saturated rings. The molecule has 2 N–H and O–H groups in total. The summed E-state index contributed by atoms with van der Waals surface area (Å²) in [4.78, 5) is 4.74. The van der Waals surface area contributed by atoms with Gasteiger partial charge in [0, 0.05) is 23.1 Å². The molecule has 3 aromatic rings. The van der Waals surface area contributed by atoms with E-state index in [-0.39, 0.29) is 0 Å². The fourth-order valence-electron chi connectivity index (χ4n) is 2.25. The van der Waals surface area contributed by atoms with E-state index >= 15 is 0 Å². The van der Waals surface area contributed by atoms with Gasteiger partial charge in [0.15, 0.2) is 0 Å². The summed E-state index contributed by atoms with van der Waals surface area (Å²) in [6.45, 7) is 2.17. The van der Waals surface area contributed by atoms with Crippen molar-refractivity contribution in [3.05, 3.63) is 70.0 Å². The van der Waals surface area contributed by atoms with Crippen molar-refractivity contribution < 1.29 is 0 Å². The molecular formula is C18H18N2S. The lowest BCUT2D eigenvalue weighted by Crippen LogP contribution is -1.89. The highest BCUT2D eigenvalue weighted by molar-refractivity contribution is 7.10. The number of nitrogens with zero attached hydrogens (tertiary/aromatic N) is 1. The van der Waals surface area contributed by atoms with Crippen LogP contribution in [0.3, 0.4) is 0 Å². The third kappa shape index (κ3) is 3.31. The van der Waals surface area contributed by atoms with Crippen LogP contribution in [0.25, 0.3) is 11.3 Å². The van der Waals surface area contributed by atoms with Crippen molar-refractivity contribution in [2.45, 2.75) is 19.8 Å². The molecule has 2 aromatic carbocycles. The normalized spacial score (nSPS) is 10.7. The molecule has 0 spiro atoms. The van der Waals surface area contributed by atoms with Gasteiger partial charge in [-0.3, -0.25) is 0 Å². The molecule has 2 nitrogen and oxygen atoms in total. The van der Waals surface area contributed by atoms with Crippen LogP contribution in [0.15, 0.2) is 53.9 Å². The second-order valence-electron chi connectivity index (χ2n) is 5.10. The largest absolute Gasteiger partial charge is 0.399 e. The zero-order valence-corrected chi connectivity index (χ0v) is 12.9. The SMILES string of the molecule is CCc1ccc(-c2csc(Cc3ccc(N)cc3)n2)cc1. The van der Waals surface area contributed by atoms with E-state index in [1.807, 2.05) is 12.1 Å². The smallest absolute Gasteiger partial charge is 0.0976 e. The number of aromatic nitrogens is 1. The molecule has 106 valence electrons. The zero-order valence-electron chi connectivity index (χ0n) is 12.0. The first-order valence-electron chi connectivity index (χ1n) is 7.12. The van der Waals surface area contributed by atoms with Crippen LogP contribution in [-0.4, -0.2) is 4.98 Å². The van der Waals surface area contributed by atoms with Gasteiger partial charge >= 0.3 is 0 Å². The maximum atomic E-state index is 5.71. The highest BCUT2D eigenvalue weighted by Crippen LogP contribution is 2.24. The van der Waals surface area contributed by atoms with E-state index in [4.69, 9.17) is 10.7 Å². The average Bonchev–Trinajstić information content (AvgIpc) is 2.98. The van der Waals surface area contributed by atoms with E-state index in [0.29, 0.717) is 0 Å². The van der Waals surface area contributed by atoms with Crippen molar-refractivity contribution in [2.24, 2.45) is 0 Å². The monoisotopic (exact) mass is 294 g/mol. The zero-order chi connectivity index (χ0) is 14.7. The van der Waals surface area contributed by atoms with E-state index in [2.05, 4.69) is 48.7 Å². The van der Waals surface area contributed by atoms with Crippen molar-refractivity contribution in [1.82, 2.24) is 4.98 Å². The first-order valence-corrected chi connectivity index (χ1v) is 8.00. The minimum Gasteiger partial charge on any atom is -0.399 e. The predicted molar refractivity (Wildman–Crippen MR) is 90.6 cm³/mol. The summed E-state index contributed by atoms with van der Waals surface area (Å²) in [5.41, 5.74) is 11.4. The molecule has 0 amide bonds. The summed E-state index contributed by atoms with van der Waals surface area (Å²) in [6, 6.07) is 16.7. The molecule has 0 bridgehead atoms. The molecule has 0 saturated carbocycles. The highest BCUT2D eigenvalue weighted by Gasteiger charge is 2.05. The van der Waals surface area contributed by atoms with Gasteiger partial charge in [0.1, 0.15) is 0 Å². The molecule has 0 aliphatic heterocycles. The number of anilines is 1. The van der Waals surface area contributed by atoms with Crippen molar-refractivity contribution in [1.29, 1.82) is 0 Å². The van der Waals surface area contributed by atoms with Crippen LogP contribution >= 0.6 is 11.3 Å². The summed E-state index contributed by atoms with van der Waals surface area (Å²) in [5, 5.41) is 3.27. The Morgan fingerprint density at radius 3 is 2.29 bits per heavy atom. The minimum absolute atomic E-state index is 0.801. The highest BCUT2D eigenvalue weighted by atomic mass is 32.1. The maximum absolute atomic E-state index is 5.71. The Labute approximate surface area is 129 Å². The van der Waals surface area contributed by atoms with Crippen LogP contribution in [0.1, 0.15) is 23.1 Å². The number of nitrogen functional groups attached to an aromatic ring is 1. The topological polar surface area (TPSA) is 38.9 Å². The molecule has 21 heavy (non-hydrogen) atoms. The quantitative estimate of drug-likeness (QED) is 0.717. The number of rotatable bonds is 4. The Morgan fingerprint density at radius 2 is 1.62 bits per heavy atom. The summed E-state index contributed by atoms with van der Waals surface area (Å²) >= 11 is 1.71. The van der Waals surface area contributed by atoms with Crippen LogP contribution in [-0.2, 0) is 12.8 Å². The first kappa shape index (κ1) is 13.8. The molecular weight excluding hydrogens is 276 g/mol. The number of benzene rings is 2. The van der Waals surface area contributed by atoms with Crippen molar-refractivity contribution in [2.75, 3.05) is 5.73 Å². The summed E-state index contributed by atoms with van der Waals surface area (Å²) in [5.74, 6) is 0. The van der Waals surface area contributed by atoms with E-state index < -0.39 is 0 Å². The molecule has 0 radical (unpaired) electrons. The first-order chi connectivity index (χ1) is 10.2. The van der Waals surface area contributed by atoms with E-state index in [1.165, 1.54) is 16.7 Å². The van der Waals surface area contributed by atoms with Crippen LogP contribution in [0, 0.1) is 0 Å². The Bertz CT molecular complexity index is 712. The lowest BCUT2D eigenvalue weighted by atomic mass is 10.1. The van der Waals surface area contributed by atoms with E-state index in [1.54, 1.807) is 11.3 Å². The lowest BCUT2D eigenvalue weighted by molar-refractivity contribution is 1.13. The van der Waals surface area contributed by atoms with E-state index in [0.717, 1.165) is 29.2 Å². The predicted octanol–water partition coefficient (Wildman–Crippen LogP) is 4.55. The molecule has 3 heteroatoms. The molecule has 0 aliphatic rings. The van der Waals surface area contributed by atoms with Crippen molar-refractivity contribution in [3.8, 4) is 11.3 Å². The third-order valence-corrected chi connectivity index (χ3v) is 4.39. The third-order valence-electron chi connectivity index (χ3n) is 3.54. The minimum atomic E-state index is 0.801. The summed E-state index contributed by atoms with van der Waals surface area (Å²) in [7, 11) is 0. The van der Waals surface area contributed by atoms with Gasteiger partial charge in [-0.15, -0.1) is 11.3 Å². The maximum Gasteiger partial charge on any atom is 0.0976 e. The second-order valence-corrected chi connectivity index (χ2v) is 6.04. The second kappa shape index (κ2) is 6.10.